The van der Waals surface area contributed by atoms with Gasteiger partial charge in [-0.3, -0.25) is 24.0 Å². The third kappa shape index (κ3) is 4.05. The van der Waals surface area contributed by atoms with E-state index in [-0.39, 0.29) is 12.2 Å². The first kappa shape index (κ1) is 22.8. The molecule has 4 N–H and O–H groups in total. The number of aliphatic hydroxyl groups is 3. The van der Waals surface area contributed by atoms with Crippen LogP contribution < -0.4 is 11.2 Å². The Morgan fingerprint density at radius 3 is 2.55 bits per heavy atom. The van der Waals surface area contributed by atoms with E-state index in [1.807, 2.05) is 4.98 Å². The van der Waals surface area contributed by atoms with E-state index in [0.29, 0.717) is 0 Å². The lowest BCUT2D eigenvalue weighted by Gasteiger charge is -2.34. The number of nitrogens with zero attached hydrogens (tertiary/aromatic N) is 3. The molecule has 3 rings (SSSR count). The van der Waals surface area contributed by atoms with Gasteiger partial charge in [-0.05, 0) is 13.1 Å². The number of carbonyl (C=O) groups excluding carboxylic acids is 2. The maximum absolute atomic E-state index is 13.0. The van der Waals surface area contributed by atoms with Gasteiger partial charge in [-0.1, -0.05) is 0 Å². The fourth-order valence-corrected chi connectivity index (χ4v) is 3.72. The molecule has 1 aromatic rings. The lowest BCUT2D eigenvalue weighted by atomic mass is 9.98. The summed E-state index contributed by atoms with van der Waals surface area (Å²) < 4.78 is 11.1. The predicted octanol–water partition coefficient (Wildman–Crippen LogP) is -3.65. The summed E-state index contributed by atoms with van der Waals surface area (Å²) in [6.07, 6.45) is -5.24. The third-order valence-corrected chi connectivity index (χ3v) is 5.45. The van der Waals surface area contributed by atoms with E-state index >= 15 is 0 Å². The molecule has 0 bridgehead atoms. The first-order chi connectivity index (χ1) is 14.6. The molecule has 170 valence electrons. The van der Waals surface area contributed by atoms with Gasteiger partial charge in [0.1, 0.15) is 36.2 Å². The van der Waals surface area contributed by atoms with Crippen LogP contribution in [-0.2, 0) is 19.1 Å². The average molecular weight is 440 g/mol. The first-order valence-corrected chi connectivity index (χ1v) is 9.36. The van der Waals surface area contributed by atoms with E-state index in [4.69, 9.17) is 4.74 Å². The number of hydrogen-bond donors (Lipinski definition) is 4. The number of aromatic nitrogens is 2. The van der Waals surface area contributed by atoms with Crippen LogP contribution in [0.1, 0.15) is 6.23 Å². The van der Waals surface area contributed by atoms with Gasteiger partial charge >= 0.3 is 11.7 Å². The van der Waals surface area contributed by atoms with Crippen LogP contribution in [0.4, 0.5) is 0 Å². The van der Waals surface area contributed by atoms with Crippen molar-refractivity contribution in [2.24, 2.45) is 0 Å². The highest BCUT2D eigenvalue weighted by molar-refractivity contribution is 5.96. The van der Waals surface area contributed by atoms with Crippen molar-refractivity contribution in [1.29, 1.82) is 0 Å². The molecule has 0 saturated carbocycles. The van der Waals surface area contributed by atoms with Crippen LogP contribution in [0.25, 0.3) is 0 Å². The molecule has 2 aliphatic heterocycles. The number of amides is 1. The van der Waals surface area contributed by atoms with Crippen molar-refractivity contribution in [2.75, 3.05) is 27.7 Å². The monoisotopic (exact) mass is 440 g/mol. The first-order valence-electron chi connectivity index (χ1n) is 9.36. The van der Waals surface area contributed by atoms with E-state index in [1.54, 1.807) is 0 Å². The quantitative estimate of drug-likeness (QED) is 0.342. The summed E-state index contributed by atoms with van der Waals surface area (Å²) >= 11 is 0. The summed E-state index contributed by atoms with van der Waals surface area (Å²) in [5.41, 5.74) is -1.55. The zero-order valence-electron chi connectivity index (χ0n) is 17.0. The number of nitrogens with one attached hydrogen (secondary N) is 1. The Morgan fingerprint density at radius 1 is 1.26 bits per heavy atom. The van der Waals surface area contributed by atoms with Crippen LogP contribution in [0.2, 0.25) is 0 Å². The number of carbonyl (C=O) groups is 2. The van der Waals surface area contributed by atoms with Crippen molar-refractivity contribution in [3.63, 3.8) is 0 Å². The summed E-state index contributed by atoms with van der Waals surface area (Å²) in [7, 11) is 4.04. The number of ether oxygens (including phenoxy) is 2. The molecule has 31 heavy (non-hydrogen) atoms. The Hall–Kier alpha value is -2.84. The smallest absolute Gasteiger partial charge is 0.354 e. The predicted molar refractivity (Wildman–Crippen MR) is 103 cm³/mol. The molecule has 13 heteroatoms. The molecule has 6 atom stereocenters. The van der Waals surface area contributed by atoms with Gasteiger partial charge in [0.25, 0.3) is 5.56 Å². The summed E-state index contributed by atoms with van der Waals surface area (Å²) in [4.78, 5) is 52.7. The molecule has 2 aliphatic rings. The highest BCUT2D eigenvalue weighted by Crippen LogP contribution is 2.32. The molecule has 1 fully saturated rings. The van der Waals surface area contributed by atoms with Gasteiger partial charge in [-0.15, -0.1) is 0 Å². The second-order valence-electron chi connectivity index (χ2n) is 7.34. The van der Waals surface area contributed by atoms with Gasteiger partial charge in [-0.2, -0.15) is 0 Å². The minimum absolute atomic E-state index is 0.0142. The molecule has 2 unspecified atom stereocenters. The second-order valence-corrected chi connectivity index (χ2v) is 7.34. The average Bonchev–Trinajstić information content (AvgIpc) is 2.96. The number of aromatic amines is 1. The van der Waals surface area contributed by atoms with E-state index in [0.717, 1.165) is 21.7 Å². The third-order valence-electron chi connectivity index (χ3n) is 5.45. The number of likely N-dealkylation sites (N-methyl/N-ethyl adjacent to an activating group) is 2. The van der Waals surface area contributed by atoms with E-state index in [9.17, 15) is 34.5 Å². The lowest BCUT2D eigenvalue weighted by Crippen LogP contribution is -2.56. The Labute approximate surface area is 175 Å². The molecular formula is C18H24N4O9. The highest BCUT2D eigenvalue weighted by atomic mass is 16.6. The number of H-pyrrole nitrogens is 1. The van der Waals surface area contributed by atoms with Crippen LogP contribution in [0.15, 0.2) is 33.6 Å². The maximum atomic E-state index is 13.0. The molecular weight excluding hydrogens is 416 g/mol. The molecule has 0 aliphatic carbocycles. The van der Waals surface area contributed by atoms with E-state index in [2.05, 4.69) is 4.74 Å². The molecule has 13 nitrogen and oxygen atoms in total. The van der Waals surface area contributed by atoms with Crippen LogP contribution in [0.3, 0.4) is 0 Å². The SMILES string of the molecule is COC(=O)C1=CCN(C)C(C(O)[C@H]2O[C@@H](n3ccc(=O)[nH]c3=O)[C@H](O)[C@@H]2O)C(=O)N1C. The summed E-state index contributed by atoms with van der Waals surface area (Å²) in [5, 5.41) is 31.8. The molecule has 0 spiro atoms. The van der Waals surface area contributed by atoms with Crippen molar-refractivity contribution in [3.8, 4) is 0 Å². The number of methoxy groups -OCH3 is 1. The van der Waals surface area contributed by atoms with Gasteiger partial charge in [0.05, 0.1) is 7.11 Å². The highest BCUT2D eigenvalue weighted by Gasteiger charge is 2.51. The lowest BCUT2D eigenvalue weighted by molar-refractivity contribution is -0.150. The van der Waals surface area contributed by atoms with Crippen molar-refractivity contribution in [1.82, 2.24) is 19.4 Å². The van der Waals surface area contributed by atoms with Crippen molar-refractivity contribution in [2.45, 2.75) is 36.7 Å². The zero-order valence-corrected chi connectivity index (χ0v) is 17.0. The second kappa shape index (κ2) is 8.72. The van der Waals surface area contributed by atoms with E-state index in [1.165, 1.54) is 32.2 Å². The number of esters is 1. The summed E-state index contributed by atoms with van der Waals surface area (Å²) in [6, 6.07) is -0.216. The van der Waals surface area contributed by atoms with Gasteiger partial charge in [0.15, 0.2) is 6.23 Å². The number of aliphatic hydroxyl groups excluding tert-OH is 3. The van der Waals surface area contributed by atoms with Gasteiger partial charge in [-0.25, -0.2) is 9.59 Å². The van der Waals surface area contributed by atoms with Crippen LogP contribution in [-0.4, -0.2) is 105 Å². The Kier molecular flexibility index (Phi) is 6.43. The zero-order chi connectivity index (χ0) is 23.0. The fraction of sp³-hybridized carbons (Fsp3) is 0.556. The van der Waals surface area contributed by atoms with Gasteiger partial charge < -0.3 is 29.7 Å². The number of hydrogen-bond acceptors (Lipinski definition) is 10. The molecule has 1 aromatic heterocycles. The van der Waals surface area contributed by atoms with Crippen LogP contribution >= 0.6 is 0 Å². The van der Waals surface area contributed by atoms with Crippen molar-refractivity contribution >= 4 is 11.9 Å². The summed E-state index contributed by atoms with van der Waals surface area (Å²) in [5.74, 6) is -1.40. The minimum atomic E-state index is -1.65. The summed E-state index contributed by atoms with van der Waals surface area (Å²) in [6.45, 7) is 0.0937. The number of rotatable bonds is 4. The fourth-order valence-electron chi connectivity index (χ4n) is 3.72. The van der Waals surface area contributed by atoms with Gasteiger partial charge in [0.2, 0.25) is 5.91 Å². The standard InChI is InChI=1S/C18H24N4O9/c1-20-6-4-8(17(28)30-3)21(2)15(27)10(20)11(24)14-12(25)13(26)16(31-14)22-7-5-9(23)19-18(22)29/h4-5,7,10-14,16,24-26H,6H2,1-3H3,(H,19,23,29)/t10?,11?,12-,13+,14+,16+/m0/s1. The Balaban J connectivity index is 1.87. The van der Waals surface area contributed by atoms with Crippen LogP contribution in [0, 0.1) is 0 Å². The maximum Gasteiger partial charge on any atom is 0.354 e. The van der Waals surface area contributed by atoms with Crippen molar-refractivity contribution < 1.29 is 34.4 Å². The molecule has 3 heterocycles. The Bertz CT molecular complexity index is 1000. The van der Waals surface area contributed by atoms with Crippen LogP contribution in [0.5, 0.6) is 0 Å². The molecule has 0 radical (unpaired) electrons. The van der Waals surface area contributed by atoms with Crippen molar-refractivity contribution in [3.05, 3.63) is 44.9 Å². The largest absolute Gasteiger partial charge is 0.464 e. The van der Waals surface area contributed by atoms with Gasteiger partial charge in [0, 0.05) is 25.9 Å². The molecule has 1 amide bonds. The Morgan fingerprint density at radius 2 is 1.94 bits per heavy atom. The minimum Gasteiger partial charge on any atom is -0.464 e. The topological polar surface area (TPSA) is 175 Å². The molecule has 1 saturated heterocycles. The molecule has 0 aromatic carbocycles. The van der Waals surface area contributed by atoms with E-state index < -0.39 is 59.8 Å². The normalized spacial score (nSPS) is 30.6.